The number of unbranched alkanes of at least 4 members (excludes halogenated alkanes) is 2. The zero-order chi connectivity index (χ0) is 103. The molecule has 56 nitrogen and oxygen atoms in total. The fourth-order valence-corrected chi connectivity index (χ4v) is 12.7. The Hall–Kier alpha value is -13.4. The fourth-order valence-electron chi connectivity index (χ4n) is 12.7. The number of aliphatic carboxylic acids is 4. The van der Waals surface area contributed by atoms with Crippen molar-refractivity contribution in [1.29, 1.82) is 10.8 Å². The molecule has 0 spiro atoms. The third-order valence-corrected chi connectivity index (χ3v) is 20.4. The van der Waals surface area contributed by atoms with Gasteiger partial charge in [-0.3, -0.25) is 112 Å². The predicted molar refractivity (Wildman–Crippen MR) is 475 cm³/mol. The first kappa shape index (κ1) is 122. The second-order valence-electron chi connectivity index (χ2n) is 32.5. The number of carboxylic acids is 4. The summed E-state index contributed by atoms with van der Waals surface area (Å²) in [5.41, 5.74) is 43.9. The highest BCUT2D eigenvalue weighted by Crippen LogP contribution is 2.16. The normalized spacial score (nSPS) is 15.3. The molecule has 0 aromatic rings. The van der Waals surface area contributed by atoms with E-state index in [-0.39, 0.29) is 109 Å². The van der Waals surface area contributed by atoms with Crippen molar-refractivity contribution in [3.63, 3.8) is 0 Å². The second-order valence-corrected chi connectivity index (χ2v) is 32.5. The molecule has 0 aromatic heterocycles. The van der Waals surface area contributed by atoms with Gasteiger partial charge in [0.15, 0.2) is 11.9 Å². The molecular weight excluding hydrogens is 1790 g/mol. The molecule has 19 atom stereocenters. The molecule has 56 heteroatoms. The van der Waals surface area contributed by atoms with Crippen LogP contribution in [0.2, 0.25) is 0 Å². The lowest BCUT2D eigenvalue weighted by Crippen LogP contribution is -2.63. The number of carbonyl (C=O) groups excluding carboxylic acids is 18. The molecule has 0 rings (SSSR count). The first-order valence-electron chi connectivity index (χ1n) is 43.7. The van der Waals surface area contributed by atoms with Crippen molar-refractivity contribution in [3.05, 3.63) is 0 Å². The Balaban J connectivity index is 7.42. The minimum Gasteiger partial charge on any atom is -0.481 e. The van der Waals surface area contributed by atoms with E-state index in [1.165, 1.54) is 20.8 Å². The fraction of sp³-hybridized carbons (Fsp3) is 0.696. The summed E-state index contributed by atoms with van der Waals surface area (Å²) in [5, 5.41) is 126. The number of carboxylic acid groups (broad SMARTS) is 4. The van der Waals surface area contributed by atoms with Gasteiger partial charge in [-0.15, -0.1) is 0 Å². The summed E-state index contributed by atoms with van der Waals surface area (Å²) in [6.45, 7) is 8.20. The zero-order valence-corrected chi connectivity index (χ0v) is 76.6. The van der Waals surface area contributed by atoms with E-state index in [0.29, 0.717) is 0 Å². The summed E-state index contributed by atoms with van der Waals surface area (Å²) in [4.78, 5) is 296. The van der Waals surface area contributed by atoms with Gasteiger partial charge in [-0.05, 0) is 148 Å². The summed E-state index contributed by atoms with van der Waals surface area (Å²) in [7, 11) is 0. The molecule has 135 heavy (non-hydrogen) atoms. The monoisotopic (exact) mass is 1930 g/mol. The van der Waals surface area contributed by atoms with Crippen LogP contribution in [0, 0.1) is 22.7 Å². The average Bonchev–Trinajstić information content (AvgIpc) is 0.846. The highest BCUT2D eigenvalue weighted by atomic mass is 16.4. The molecule has 0 aliphatic carbocycles. The van der Waals surface area contributed by atoms with Crippen molar-refractivity contribution in [2.45, 2.75) is 305 Å². The van der Waals surface area contributed by atoms with Gasteiger partial charge in [0, 0.05) is 45.2 Å². The maximum absolute atomic E-state index is 14.5. The number of aliphatic hydroxyl groups excluding tert-OH is 3. The molecule has 0 unspecified atom stereocenters. The summed E-state index contributed by atoms with van der Waals surface area (Å²) in [5.74, 6) is -29.6. The molecule has 0 bridgehead atoms. The third-order valence-electron chi connectivity index (χ3n) is 20.4. The van der Waals surface area contributed by atoms with Gasteiger partial charge in [-0.1, -0.05) is 34.1 Å². The van der Waals surface area contributed by atoms with Crippen molar-refractivity contribution in [2.75, 3.05) is 32.8 Å². The lowest BCUT2D eigenvalue weighted by Gasteiger charge is -2.30. The van der Waals surface area contributed by atoms with Gasteiger partial charge < -0.3 is 172 Å². The van der Waals surface area contributed by atoms with Crippen molar-refractivity contribution < 1.29 is 141 Å². The van der Waals surface area contributed by atoms with Crippen LogP contribution in [0.3, 0.4) is 0 Å². The van der Waals surface area contributed by atoms with Gasteiger partial charge in [0.2, 0.25) is 106 Å². The van der Waals surface area contributed by atoms with Gasteiger partial charge in [-0.2, -0.15) is 0 Å². The van der Waals surface area contributed by atoms with E-state index in [4.69, 9.17) is 56.7 Å². The van der Waals surface area contributed by atoms with Crippen LogP contribution in [0.4, 0.5) is 0 Å². The zero-order valence-electron chi connectivity index (χ0n) is 76.6. The van der Waals surface area contributed by atoms with Gasteiger partial charge in [0.1, 0.15) is 90.6 Å². The minimum atomic E-state index is -2.23. The van der Waals surface area contributed by atoms with Crippen LogP contribution in [0.1, 0.15) is 196 Å². The maximum Gasteiger partial charge on any atom is 0.326 e. The second kappa shape index (κ2) is 64.5. The van der Waals surface area contributed by atoms with E-state index < -0.39 is 335 Å². The molecule has 42 N–H and O–H groups in total. The molecule has 0 aromatic carbocycles. The quantitative estimate of drug-likeness (QED) is 0.0153. The summed E-state index contributed by atoms with van der Waals surface area (Å²) in [6.07, 6.45) is -12.3. The molecule has 0 aliphatic heterocycles. The average molecular weight is 1930 g/mol. The molecule has 0 saturated carbocycles. The molecular formula is C79H139N27O29. The smallest absolute Gasteiger partial charge is 0.326 e. The van der Waals surface area contributed by atoms with Crippen LogP contribution in [-0.4, -0.2) is 320 Å². The van der Waals surface area contributed by atoms with E-state index >= 15 is 0 Å². The SMILES string of the molecule is CC[C@H](C)[C@H](NC(=O)[C@H](CCC(=O)O)NC(=O)[C@H](CCCCN)NC(=O)[C@H](CCC(N)=O)NC(=O)[C@H](CC(C)C)NC(=O)[C@@H](N)CC(N)=O)C(=O)N[C@@H](CO)C(=O)N[C@H](C(=O)N[C@@H](CCC(=O)O)C(=O)N[C@@H](CCC(=O)O)C(=O)N[C@@H](CCCNC(=N)N)C(=O)N[C@@H](CCC(N)=O)C(=O)N[C@H](C(=O)N[C@@H](CCCCN)C(=O)N[C@@H](C)C(=O)N[C@@H](CCCNC(=N)N)C(=O)O)[C@@H](C)O)[C@@H](C)O. The van der Waals surface area contributed by atoms with E-state index in [2.05, 4.69) is 90.4 Å². The Morgan fingerprint density at radius 1 is 0.311 bits per heavy atom. The number of carbonyl (C=O) groups is 22. The summed E-state index contributed by atoms with van der Waals surface area (Å²) < 4.78 is 0. The van der Waals surface area contributed by atoms with Gasteiger partial charge in [0.25, 0.3) is 0 Å². The summed E-state index contributed by atoms with van der Waals surface area (Å²) in [6, 6.07) is -28.6. The molecule has 0 heterocycles. The Labute approximate surface area is 777 Å². The van der Waals surface area contributed by atoms with Crippen LogP contribution in [0.5, 0.6) is 0 Å². The number of hydrogen-bond donors (Lipinski definition) is 34. The first-order chi connectivity index (χ1) is 63.1. The Kier molecular flexibility index (Phi) is 58.1. The van der Waals surface area contributed by atoms with Crippen LogP contribution in [-0.2, 0) is 105 Å². The molecule has 18 amide bonds. The van der Waals surface area contributed by atoms with E-state index in [0.717, 1.165) is 13.8 Å². The standard InChI is InChI=1S/C79H139N27O29/c1-8-37(4)59(104-70(127)49(23-28-58(117)118)97-65(122)43(16-10-12-30-81)93-67(124)45(19-24-53(83)110)98-72(129)51(33-36(2)3)102-63(120)41(82)34-55(85)112)74(131)103-52(35-107)73(130)106-61(40(7)109)76(133)100-48(22-27-57(115)116)69(126)96-47(21-26-56(113)114)68(125)94-44(17-13-31-90-78(86)87)66(123)95-46(20-25-54(84)111)71(128)105-60(39(6)108)75(132)99-42(15-9-11-29-80)64(121)92-38(5)62(119)101-50(77(134)135)18-14-32-91-79(88)89/h36-52,59-61,107-109H,8-35,80-82H2,1-7H3,(H2,83,110)(H2,84,111)(H2,85,112)(H,92,121)(H,93,124)(H,94,125)(H,95,123)(H,96,126)(H,97,122)(H,98,129)(H,99,132)(H,100,133)(H,101,119)(H,102,120)(H,103,131)(H,104,127)(H,105,128)(H,106,130)(H,113,114)(H,115,116)(H,117,118)(H,134,135)(H4,86,87,90)(H4,88,89,91)/t37-,38-,39+,40+,41-,42-,43-,44-,45-,46-,47-,48-,49-,50-,51-,52-,59-,60-,61-/m0/s1. The lowest BCUT2D eigenvalue weighted by atomic mass is 9.97. The van der Waals surface area contributed by atoms with E-state index in [1.807, 2.05) is 0 Å². The largest absolute Gasteiger partial charge is 0.481 e. The summed E-state index contributed by atoms with van der Waals surface area (Å²) >= 11 is 0. The number of nitrogens with two attached hydrogens (primary N) is 8. The maximum atomic E-state index is 14.5. The molecule has 0 saturated heterocycles. The molecule has 0 fully saturated rings. The predicted octanol–water partition coefficient (Wildman–Crippen LogP) is -12.7. The van der Waals surface area contributed by atoms with Gasteiger partial charge in [0.05, 0.1) is 31.3 Å². The van der Waals surface area contributed by atoms with Crippen molar-refractivity contribution in [3.8, 4) is 0 Å². The number of guanidine groups is 2. The number of hydrogen-bond acceptors (Lipinski definition) is 30. The Morgan fingerprint density at radius 2 is 0.585 bits per heavy atom. The number of aliphatic hydroxyl groups is 3. The van der Waals surface area contributed by atoms with E-state index in [9.17, 15) is 141 Å². The molecule has 0 radical (unpaired) electrons. The highest BCUT2D eigenvalue weighted by molar-refractivity contribution is 6.02. The minimum absolute atomic E-state index is 0.0404. The van der Waals surface area contributed by atoms with Gasteiger partial charge in [-0.25, -0.2) is 4.79 Å². The molecule has 0 aliphatic rings. The van der Waals surface area contributed by atoms with Crippen molar-refractivity contribution in [2.24, 2.45) is 57.7 Å². The highest BCUT2D eigenvalue weighted by Gasteiger charge is 2.41. The number of rotatable bonds is 71. The van der Waals surface area contributed by atoms with Crippen LogP contribution < -0.4 is 136 Å². The topological polar surface area (TPSA) is 978 Å². The molecule has 764 valence electrons. The lowest BCUT2D eigenvalue weighted by molar-refractivity contribution is -0.142. The third kappa shape index (κ3) is 50.4. The number of amides is 18. The Morgan fingerprint density at radius 3 is 0.889 bits per heavy atom. The number of primary amides is 3. The van der Waals surface area contributed by atoms with Crippen molar-refractivity contribution >= 4 is 142 Å². The van der Waals surface area contributed by atoms with Crippen LogP contribution >= 0.6 is 0 Å². The van der Waals surface area contributed by atoms with E-state index in [1.54, 1.807) is 13.8 Å². The number of nitrogens with one attached hydrogen (secondary N) is 19. The Bertz CT molecular complexity index is 4050. The van der Waals surface area contributed by atoms with Crippen LogP contribution in [0.25, 0.3) is 0 Å². The van der Waals surface area contributed by atoms with Crippen LogP contribution in [0.15, 0.2) is 0 Å². The van der Waals surface area contributed by atoms with Gasteiger partial charge >= 0.3 is 23.9 Å². The first-order valence-corrected chi connectivity index (χ1v) is 43.7. The van der Waals surface area contributed by atoms with Crippen molar-refractivity contribution in [1.82, 2.24) is 90.4 Å².